The Balaban J connectivity index is 1.49. The number of imidazole rings is 2. The number of H-pyrrole nitrogens is 1. The van der Waals surface area contributed by atoms with Crippen molar-refractivity contribution in [3.8, 4) is 0 Å². The van der Waals surface area contributed by atoms with Gasteiger partial charge in [0, 0.05) is 25.8 Å². The number of aryl methyl sites for hydroxylation is 3. The fourth-order valence-corrected chi connectivity index (χ4v) is 3.83. The molecule has 0 aliphatic carbocycles. The fraction of sp³-hybridized carbons (Fsp3) is 0.391. The molecule has 8 heteroatoms. The number of hydrogen-bond donors (Lipinski definition) is 1. The van der Waals surface area contributed by atoms with Crippen molar-refractivity contribution in [2.24, 2.45) is 0 Å². The van der Waals surface area contributed by atoms with Gasteiger partial charge in [-0.25, -0.2) is 14.8 Å². The molecule has 8 nitrogen and oxygen atoms in total. The van der Waals surface area contributed by atoms with Crippen LogP contribution in [-0.4, -0.2) is 28.7 Å². The molecule has 0 saturated heterocycles. The maximum absolute atomic E-state index is 13.0. The third kappa shape index (κ3) is 4.52. The van der Waals surface area contributed by atoms with Gasteiger partial charge in [-0.1, -0.05) is 43.7 Å². The SMILES string of the molecule is CCCCn1c(=O)n(CCCc2cn(Cc3ccccc3)cn2)c(=O)c2[nH]c(C)nc21. The molecule has 0 fully saturated rings. The van der Waals surface area contributed by atoms with E-state index in [2.05, 4.69) is 34.0 Å². The maximum atomic E-state index is 13.0. The Hall–Kier alpha value is -3.42. The van der Waals surface area contributed by atoms with Gasteiger partial charge in [0.1, 0.15) is 11.3 Å². The Bertz CT molecular complexity index is 1280. The molecular formula is C23H28N6O2. The van der Waals surface area contributed by atoms with E-state index in [-0.39, 0.29) is 11.2 Å². The fourth-order valence-electron chi connectivity index (χ4n) is 3.83. The summed E-state index contributed by atoms with van der Waals surface area (Å²) in [7, 11) is 0. The highest BCUT2D eigenvalue weighted by molar-refractivity contribution is 5.69. The summed E-state index contributed by atoms with van der Waals surface area (Å²) < 4.78 is 5.00. The molecule has 3 aromatic heterocycles. The van der Waals surface area contributed by atoms with Crippen molar-refractivity contribution in [1.29, 1.82) is 0 Å². The Morgan fingerprint density at radius 2 is 1.81 bits per heavy atom. The lowest BCUT2D eigenvalue weighted by atomic mass is 10.2. The maximum Gasteiger partial charge on any atom is 0.332 e. The zero-order valence-corrected chi connectivity index (χ0v) is 18.0. The zero-order valence-electron chi connectivity index (χ0n) is 18.0. The highest BCUT2D eigenvalue weighted by atomic mass is 16.2. The number of nitrogens with zero attached hydrogens (tertiary/aromatic N) is 5. The summed E-state index contributed by atoms with van der Waals surface area (Å²) in [6.07, 6.45) is 7.02. The molecule has 1 N–H and O–H groups in total. The summed E-state index contributed by atoms with van der Waals surface area (Å²) in [5.41, 5.74) is 2.44. The van der Waals surface area contributed by atoms with E-state index >= 15 is 0 Å². The first-order valence-electron chi connectivity index (χ1n) is 10.8. The average Bonchev–Trinajstić information content (AvgIpc) is 3.37. The minimum Gasteiger partial charge on any atom is -0.336 e. The predicted molar refractivity (Wildman–Crippen MR) is 120 cm³/mol. The van der Waals surface area contributed by atoms with E-state index < -0.39 is 0 Å². The van der Waals surface area contributed by atoms with Crippen LogP contribution in [0.3, 0.4) is 0 Å². The summed E-state index contributed by atoms with van der Waals surface area (Å²) in [5, 5.41) is 0. The van der Waals surface area contributed by atoms with Gasteiger partial charge in [-0.2, -0.15) is 0 Å². The predicted octanol–water partition coefficient (Wildman–Crippen LogP) is 2.87. The van der Waals surface area contributed by atoms with E-state index in [4.69, 9.17) is 0 Å². The molecule has 31 heavy (non-hydrogen) atoms. The van der Waals surface area contributed by atoms with Crippen LogP contribution in [0.15, 0.2) is 52.4 Å². The molecule has 4 rings (SSSR count). The van der Waals surface area contributed by atoms with Crippen molar-refractivity contribution in [3.63, 3.8) is 0 Å². The molecule has 0 bridgehead atoms. The van der Waals surface area contributed by atoms with Crippen molar-refractivity contribution in [1.82, 2.24) is 28.7 Å². The number of aromatic amines is 1. The lowest BCUT2D eigenvalue weighted by Gasteiger charge is -2.10. The smallest absolute Gasteiger partial charge is 0.332 e. The van der Waals surface area contributed by atoms with Crippen LogP contribution in [0.2, 0.25) is 0 Å². The molecule has 0 aliphatic rings. The number of hydrogen-bond acceptors (Lipinski definition) is 4. The summed E-state index contributed by atoms with van der Waals surface area (Å²) >= 11 is 0. The van der Waals surface area contributed by atoms with Crippen molar-refractivity contribution < 1.29 is 0 Å². The molecule has 0 amide bonds. The molecule has 162 valence electrons. The van der Waals surface area contributed by atoms with Crippen molar-refractivity contribution in [3.05, 3.63) is 80.8 Å². The van der Waals surface area contributed by atoms with Crippen LogP contribution in [0.25, 0.3) is 11.2 Å². The van der Waals surface area contributed by atoms with Crippen molar-refractivity contribution in [2.45, 2.75) is 59.2 Å². The zero-order chi connectivity index (χ0) is 21.8. The van der Waals surface area contributed by atoms with E-state index in [0.717, 1.165) is 25.1 Å². The molecule has 4 aromatic rings. The van der Waals surface area contributed by atoms with Crippen LogP contribution < -0.4 is 11.2 Å². The van der Waals surface area contributed by atoms with E-state index in [1.165, 1.54) is 10.1 Å². The summed E-state index contributed by atoms with van der Waals surface area (Å²) in [4.78, 5) is 37.8. The molecule has 0 saturated carbocycles. The van der Waals surface area contributed by atoms with E-state index in [1.807, 2.05) is 35.3 Å². The van der Waals surface area contributed by atoms with E-state index in [9.17, 15) is 9.59 Å². The highest BCUT2D eigenvalue weighted by Gasteiger charge is 2.16. The minimum atomic E-state index is -0.303. The third-order valence-electron chi connectivity index (χ3n) is 5.42. The third-order valence-corrected chi connectivity index (χ3v) is 5.42. The molecule has 0 unspecified atom stereocenters. The summed E-state index contributed by atoms with van der Waals surface area (Å²) in [6.45, 7) is 5.55. The van der Waals surface area contributed by atoms with Gasteiger partial charge in [-0.05, 0) is 31.7 Å². The first kappa shape index (κ1) is 20.8. The van der Waals surface area contributed by atoms with Gasteiger partial charge in [0.15, 0.2) is 5.65 Å². The Morgan fingerprint density at radius 1 is 1.03 bits per heavy atom. The molecule has 0 radical (unpaired) electrons. The second-order valence-electron chi connectivity index (χ2n) is 7.89. The van der Waals surface area contributed by atoms with Crippen LogP contribution in [0.4, 0.5) is 0 Å². The van der Waals surface area contributed by atoms with Crippen molar-refractivity contribution >= 4 is 11.2 Å². The van der Waals surface area contributed by atoms with Crippen LogP contribution in [0.5, 0.6) is 0 Å². The van der Waals surface area contributed by atoms with Gasteiger partial charge in [-0.3, -0.25) is 13.9 Å². The lowest BCUT2D eigenvalue weighted by molar-refractivity contribution is 0.532. The largest absolute Gasteiger partial charge is 0.336 e. The average molecular weight is 421 g/mol. The monoisotopic (exact) mass is 420 g/mol. The van der Waals surface area contributed by atoms with Crippen LogP contribution in [0.1, 0.15) is 43.3 Å². The molecule has 0 spiro atoms. The van der Waals surface area contributed by atoms with Gasteiger partial charge < -0.3 is 9.55 Å². The number of benzene rings is 1. The van der Waals surface area contributed by atoms with Gasteiger partial charge in [0.05, 0.1) is 12.0 Å². The molecule has 0 atom stereocenters. The molecular weight excluding hydrogens is 392 g/mol. The quantitative estimate of drug-likeness (QED) is 0.451. The van der Waals surface area contributed by atoms with Crippen LogP contribution >= 0.6 is 0 Å². The van der Waals surface area contributed by atoms with Gasteiger partial charge in [0.25, 0.3) is 5.56 Å². The van der Waals surface area contributed by atoms with Gasteiger partial charge in [0.2, 0.25) is 0 Å². The Labute approximate surface area is 180 Å². The van der Waals surface area contributed by atoms with Gasteiger partial charge in [-0.15, -0.1) is 0 Å². The number of rotatable bonds is 9. The number of fused-ring (bicyclic) bond motifs is 1. The highest BCUT2D eigenvalue weighted by Crippen LogP contribution is 2.08. The molecule has 1 aromatic carbocycles. The normalized spacial score (nSPS) is 11.4. The van der Waals surface area contributed by atoms with E-state index in [1.54, 1.807) is 11.5 Å². The second-order valence-corrected chi connectivity index (χ2v) is 7.89. The first-order valence-corrected chi connectivity index (χ1v) is 10.8. The Kier molecular flexibility index (Phi) is 6.16. The molecule has 3 heterocycles. The minimum absolute atomic E-state index is 0.285. The number of aromatic nitrogens is 6. The lowest BCUT2D eigenvalue weighted by Crippen LogP contribution is -2.40. The number of nitrogens with one attached hydrogen (secondary N) is 1. The summed E-state index contributed by atoms with van der Waals surface area (Å²) in [5.74, 6) is 0.637. The Morgan fingerprint density at radius 3 is 2.58 bits per heavy atom. The van der Waals surface area contributed by atoms with Crippen LogP contribution in [-0.2, 0) is 26.1 Å². The summed E-state index contributed by atoms with van der Waals surface area (Å²) in [6, 6.07) is 10.2. The first-order chi connectivity index (χ1) is 15.1. The topological polar surface area (TPSA) is 90.5 Å². The van der Waals surface area contributed by atoms with Crippen LogP contribution in [0, 0.1) is 6.92 Å². The molecule has 0 aliphatic heterocycles. The number of unbranched alkanes of at least 4 members (excludes halogenated alkanes) is 1. The van der Waals surface area contributed by atoms with Crippen molar-refractivity contribution in [2.75, 3.05) is 0 Å². The second kappa shape index (κ2) is 9.16. The van der Waals surface area contributed by atoms with E-state index in [0.29, 0.717) is 42.9 Å². The van der Waals surface area contributed by atoms with Gasteiger partial charge >= 0.3 is 5.69 Å². The standard InChI is InChI=1S/C23H28N6O2/c1-3-4-12-28-21-20(25-17(2)26-21)22(30)29(23(28)31)13-8-11-19-15-27(16-24-19)14-18-9-6-5-7-10-18/h5-7,9-10,15-16H,3-4,8,11-14H2,1-2H3,(H,25,26).